The predicted molar refractivity (Wildman–Crippen MR) is 102 cm³/mol. The molecule has 2 unspecified atom stereocenters. The highest BCUT2D eigenvalue weighted by atomic mass is 16.5. The number of pyridine rings is 2. The molecule has 0 amide bonds. The average molecular weight is 350 g/mol. The quantitative estimate of drug-likeness (QED) is 0.621. The molecule has 0 saturated carbocycles. The molecule has 3 heterocycles. The molecule has 26 heavy (non-hydrogen) atoms. The molecule has 5 nitrogen and oxygen atoms in total. The largest absolute Gasteiger partial charge is 0.377 e. The standard InChI is InChI=1S/C21H26N4O/c1-15(2)18-10-19(12-23-11-18)20(26-4)9-16(3)17-5-6-21(24-13-17)25-8-7-22-14-25/h5-8,10-16,20H,9H2,1-4H3. The molecule has 2 atom stereocenters. The van der Waals surface area contributed by atoms with Crippen LogP contribution in [0.5, 0.6) is 0 Å². The van der Waals surface area contributed by atoms with Crippen LogP contribution in [0.1, 0.15) is 61.8 Å². The van der Waals surface area contributed by atoms with Gasteiger partial charge in [-0.3, -0.25) is 9.55 Å². The lowest BCUT2D eigenvalue weighted by molar-refractivity contribution is 0.0900. The lowest BCUT2D eigenvalue weighted by atomic mass is 9.92. The molecule has 0 aromatic carbocycles. The first kappa shape index (κ1) is 18.3. The third-order valence-corrected chi connectivity index (χ3v) is 4.78. The highest BCUT2D eigenvalue weighted by molar-refractivity contribution is 5.28. The van der Waals surface area contributed by atoms with Crippen LogP contribution in [0.2, 0.25) is 0 Å². The Kier molecular flexibility index (Phi) is 5.78. The van der Waals surface area contributed by atoms with E-state index in [0.717, 1.165) is 17.8 Å². The van der Waals surface area contributed by atoms with Crippen molar-refractivity contribution in [2.45, 2.75) is 45.1 Å². The normalized spacial score (nSPS) is 13.7. The zero-order valence-corrected chi connectivity index (χ0v) is 15.8. The Labute approximate surface area is 155 Å². The third-order valence-electron chi connectivity index (χ3n) is 4.78. The van der Waals surface area contributed by atoms with Gasteiger partial charge in [-0.15, -0.1) is 0 Å². The summed E-state index contributed by atoms with van der Waals surface area (Å²) in [7, 11) is 1.76. The molecule has 0 fully saturated rings. The summed E-state index contributed by atoms with van der Waals surface area (Å²) in [5, 5.41) is 0. The number of ether oxygens (including phenoxy) is 1. The molecule has 136 valence electrons. The molecule has 0 aliphatic heterocycles. The topological polar surface area (TPSA) is 52.8 Å². The van der Waals surface area contributed by atoms with Gasteiger partial charge >= 0.3 is 0 Å². The van der Waals surface area contributed by atoms with Gasteiger partial charge in [-0.2, -0.15) is 0 Å². The minimum absolute atomic E-state index is 0.0181. The predicted octanol–water partition coefficient (Wildman–Crippen LogP) is 4.67. The van der Waals surface area contributed by atoms with Crippen molar-refractivity contribution in [3.63, 3.8) is 0 Å². The minimum atomic E-state index is 0.0181. The van der Waals surface area contributed by atoms with E-state index in [1.54, 1.807) is 19.6 Å². The average Bonchev–Trinajstić information content (AvgIpc) is 3.21. The summed E-state index contributed by atoms with van der Waals surface area (Å²) in [5.41, 5.74) is 3.57. The molecule has 5 heteroatoms. The van der Waals surface area contributed by atoms with Gasteiger partial charge in [0.2, 0.25) is 0 Å². The number of methoxy groups -OCH3 is 1. The summed E-state index contributed by atoms with van der Waals surface area (Å²) >= 11 is 0. The van der Waals surface area contributed by atoms with Crippen LogP contribution in [0.25, 0.3) is 5.82 Å². The zero-order valence-electron chi connectivity index (χ0n) is 15.8. The van der Waals surface area contributed by atoms with Crippen molar-refractivity contribution in [3.8, 4) is 5.82 Å². The molecule has 0 radical (unpaired) electrons. The van der Waals surface area contributed by atoms with Crippen molar-refractivity contribution in [1.29, 1.82) is 0 Å². The molecular weight excluding hydrogens is 324 g/mol. The second-order valence-corrected chi connectivity index (χ2v) is 6.99. The van der Waals surface area contributed by atoms with Crippen molar-refractivity contribution < 1.29 is 4.74 Å². The van der Waals surface area contributed by atoms with Crippen LogP contribution in [-0.4, -0.2) is 26.6 Å². The fourth-order valence-corrected chi connectivity index (χ4v) is 3.03. The maximum Gasteiger partial charge on any atom is 0.137 e. The van der Waals surface area contributed by atoms with E-state index in [9.17, 15) is 0 Å². The first-order valence-electron chi connectivity index (χ1n) is 9.00. The summed E-state index contributed by atoms with van der Waals surface area (Å²) < 4.78 is 7.67. The van der Waals surface area contributed by atoms with Crippen LogP contribution < -0.4 is 0 Å². The Morgan fingerprint density at radius 3 is 2.42 bits per heavy atom. The Hall–Kier alpha value is -2.53. The number of hydrogen-bond donors (Lipinski definition) is 0. The van der Waals surface area contributed by atoms with Crippen LogP contribution in [0.15, 0.2) is 55.5 Å². The minimum Gasteiger partial charge on any atom is -0.377 e. The fraction of sp³-hybridized carbons (Fsp3) is 0.381. The van der Waals surface area contributed by atoms with Gasteiger partial charge in [0.1, 0.15) is 12.1 Å². The molecule has 0 aliphatic rings. The maximum atomic E-state index is 5.77. The summed E-state index contributed by atoms with van der Waals surface area (Å²) in [4.78, 5) is 13.0. The van der Waals surface area contributed by atoms with Gasteiger partial charge in [-0.25, -0.2) is 9.97 Å². The molecular formula is C21H26N4O. The Balaban J connectivity index is 1.73. The number of nitrogens with zero attached hydrogens (tertiary/aromatic N) is 4. The number of aromatic nitrogens is 4. The van der Waals surface area contributed by atoms with Crippen molar-refractivity contribution in [2.24, 2.45) is 0 Å². The van der Waals surface area contributed by atoms with Gasteiger partial charge < -0.3 is 4.74 Å². The van der Waals surface area contributed by atoms with Crippen molar-refractivity contribution in [3.05, 3.63) is 72.2 Å². The van der Waals surface area contributed by atoms with E-state index in [-0.39, 0.29) is 6.10 Å². The number of imidazole rings is 1. The Morgan fingerprint density at radius 1 is 1.00 bits per heavy atom. The molecule has 0 saturated heterocycles. The number of hydrogen-bond acceptors (Lipinski definition) is 4. The van der Waals surface area contributed by atoms with E-state index >= 15 is 0 Å². The van der Waals surface area contributed by atoms with Gasteiger partial charge in [-0.1, -0.05) is 26.8 Å². The lowest BCUT2D eigenvalue weighted by Gasteiger charge is -2.21. The second kappa shape index (κ2) is 8.23. The lowest BCUT2D eigenvalue weighted by Crippen LogP contribution is -2.08. The molecule has 0 spiro atoms. The third kappa shape index (κ3) is 4.17. The first-order chi connectivity index (χ1) is 12.6. The maximum absolute atomic E-state index is 5.77. The van der Waals surface area contributed by atoms with E-state index in [4.69, 9.17) is 4.74 Å². The SMILES string of the molecule is COC(CC(C)c1ccc(-n2ccnc2)nc1)c1cncc(C(C)C)c1. The van der Waals surface area contributed by atoms with E-state index in [0.29, 0.717) is 11.8 Å². The summed E-state index contributed by atoms with van der Waals surface area (Å²) in [6.45, 7) is 6.57. The van der Waals surface area contributed by atoms with Crippen molar-refractivity contribution >= 4 is 0 Å². The zero-order chi connectivity index (χ0) is 18.5. The van der Waals surface area contributed by atoms with E-state index in [1.165, 1.54) is 11.1 Å². The smallest absolute Gasteiger partial charge is 0.137 e. The summed E-state index contributed by atoms with van der Waals surface area (Å²) in [6, 6.07) is 6.36. The van der Waals surface area contributed by atoms with Gasteiger partial charge in [0.25, 0.3) is 0 Å². The van der Waals surface area contributed by atoms with Crippen LogP contribution in [0, 0.1) is 0 Å². The molecule has 3 aromatic rings. The van der Waals surface area contributed by atoms with Gasteiger partial charge in [-0.05, 0) is 47.1 Å². The monoisotopic (exact) mass is 350 g/mol. The van der Waals surface area contributed by atoms with Crippen molar-refractivity contribution in [1.82, 2.24) is 19.5 Å². The summed E-state index contributed by atoms with van der Waals surface area (Å²) in [6.07, 6.45) is 12.1. The van der Waals surface area contributed by atoms with Crippen LogP contribution in [0.4, 0.5) is 0 Å². The molecule has 0 aliphatic carbocycles. The van der Waals surface area contributed by atoms with Crippen LogP contribution >= 0.6 is 0 Å². The van der Waals surface area contributed by atoms with E-state index in [1.807, 2.05) is 35.4 Å². The fourth-order valence-electron chi connectivity index (χ4n) is 3.03. The van der Waals surface area contributed by atoms with Crippen molar-refractivity contribution in [2.75, 3.05) is 7.11 Å². The summed E-state index contributed by atoms with van der Waals surface area (Å²) in [5.74, 6) is 1.65. The Bertz CT molecular complexity index is 812. The van der Waals surface area contributed by atoms with Gasteiger partial charge in [0.05, 0.1) is 6.10 Å². The van der Waals surface area contributed by atoms with Crippen LogP contribution in [0.3, 0.4) is 0 Å². The molecule has 3 aromatic heterocycles. The van der Waals surface area contributed by atoms with Gasteiger partial charge in [0, 0.05) is 38.1 Å². The van der Waals surface area contributed by atoms with E-state index < -0.39 is 0 Å². The highest BCUT2D eigenvalue weighted by Gasteiger charge is 2.18. The first-order valence-corrected chi connectivity index (χ1v) is 9.00. The number of rotatable bonds is 7. The van der Waals surface area contributed by atoms with Crippen LogP contribution in [-0.2, 0) is 4.74 Å². The molecule has 0 bridgehead atoms. The van der Waals surface area contributed by atoms with Gasteiger partial charge in [0.15, 0.2) is 0 Å². The highest BCUT2D eigenvalue weighted by Crippen LogP contribution is 2.31. The second-order valence-electron chi connectivity index (χ2n) is 6.99. The molecule has 0 N–H and O–H groups in total. The Morgan fingerprint density at radius 2 is 1.81 bits per heavy atom. The van der Waals surface area contributed by atoms with E-state index in [2.05, 4.69) is 47.9 Å². The molecule has 3 rings (SSSR count).